The average molecular weight is 284 g/mol. The van der Waals surface area contributed by atoms with Gasteiger partial charge in [-0.25, -0.2) is 0 Å². The SMILES string of the molecule is COCc1cccc(CNC(=O)Cc2ccc(N)cc2)c1. The van der Waals surface area contributed by atoms with E-state index >= 15 is 0 Å². The lowest BCUT2D eigenvalue weighted by Crippen LogP contribution is -2.24. The molecule has 0 aromatic heterocycles. The molecule has 2 rings (SSSR count). The van der Waals surface area contributed by atoms with Crippen molar-refractivity contribution in [3.8, 4) is 0 Å². The van der Waals surface area contributed by atoms with E-state index in [1.54, 1.807) is 19.2 Å². The van der Waals surface area contributed by atoms with Crippen molar-refractivity contribution in [3.63, 3.8) is 0 Å². The van der Waals surface area contributed by atoms with Gasteiger partial charge in [0.2, 0.25) is 5.91 Å². The Morgan fingerprint density at radius 1 is 1.10 bits per heavy atom. The number of nitrogen functional groups attached to an aromatic ring is 1. The maximum atomic E-state index is 11.9. The van der Waals surface area contributed by atoms with Crippen molar-refractivity contribution in [1.29, 1.82) is 0 Å². The topological polar surface area (TPSA) is 64.3 Å². The molecule has 3 N–H and O–H groups in total. The second-order valence-corrected chi connectivity index (χ2v) is 4.95. The van der Waals surface area contributed by atoms with Crippen molar-refractivity contribution in [2.75, 3.05) is 12.8 Å². The third-order valence-electron chi connectivity index (χ3n) is 3.14. The smallest absolute Gasteiger partial charge is 0.224 e. The molecular weight excluding hydrogens is 264 g/mol. The normalized spacial score (nSPS) is 10.3. The summed E-state index contributed by atoms with van der Waals surface area (Å²) < 4.78 is 5.10. The number of anilines is 1. The van der Waals surface area contributed by atoms with Crippen molar-refractivity contribution in [2.45, 2.75) is 19.6 Å². The lowest BCUT2D eigenvalue weighted by Gasteiger charge is -2.07. The molecule has 4 nitrogen and oxygen atoms in total. The molecule has 0 radical (unpaired) electrons. The molecule has 0 aliphatic heterocycles. The number of hydrogen-bond acceptors (Lipinski definition) is 3. The predicted molar refractivity (Wildman–Crippen MR) is 83.6 cm³/mol. The van der Waals surface area contributed by atoms with Gasteiger partial charge >= 0.3 is 0 Å². The largest absolute Gasteiger partial charge is 0.399 e. The van der Waals surface area contributed by atoms with Crippen molar-refractivity contribution in [1.82, 2.24) is 5.32 Å². The lowest BCUT2D eigenvalue weighted by atomic mass is 10.1. The first kappa shape index (κ1) is 15.1. The first-order valence-corrected chi connectivity index (χ1v) is 6.85. The van der Waals surface area contributed by atoms with Gasteiger partial charge in [-0.3, -0.25) is 4.79 Å². The molecule has 2 aromatic carbocycles. The minimum Gasteiger partial charge on any atom is -0.399 e. The van der Waals surface area contributed by atoms with Crippen LogP contribution < -0.4 is 11.1 Å². The summed E-state index contributed by atoms with van der Waals surface area (Å²) >= 11 is 0. The molecular formula is C17H20N2O2. The Bertz CT molecular complexity index is 594. The molecule has 4 heteroatoms. The Morgan fingerprint density at radius 3 is 2.52 bits per heavy atom. The second-order valence-electron chi connectivity index (χ2n) is 4.95. The van der Waals surface area contributed by atoms with Crippen LogP contribution in [0.2, 0.25) is 0 Å². The summed E-state index contributed by atoms with van der Waals surface area (Å²) in [6.45, 7) is 1.10. The highest BCUT2D eigenvalue weighted by Gasteiger charge is 2.03. The number of carbonyl (C=O) groups excluding carboxylic acids is 1. The molecule has 2 aromatic rings. The number of methoxy groups -OCH3 is 1. The number of hydrogen-bond donors (Lipinski definition) is 2. The molecule has 0 heterocycles. The van der Waals surface area contributed by atoms with E-state index in [1.807, 2.05) is 36.4 Å². The van der Waals surface area contributed by atoms with Gasteiger partial charge in [-0.2, -0.15) is 0 Å². The Labute approximate surface area is 124 Å². The first-order chi connectivity index (χ1) is 10.2. The molecule has 0 atom stereocenters. The van der Waals surface area contributed by atoms with Gasteiger partial charge in [0, 0.05) is 19.3 Å². The van der Waals surface area contributed by atoms with Gasteiger partial charge in [-0.1, -0.05) is 36.4 Å². The zero-order chi connectivity index (χ0) is 15.1. The third-order valence-corrected chi connectivity index (χ3v) is 3.14. The summed E-state index contributed by atoms with van der Waals surface area (Å²) in [6, 6.07) is 15.3. The van der Waals surface area contributed by atoms with E-state index in [-0.39, 0.29) is 5.91 Å². The maximum absolute atomic E-state index is 11.9. The van der Waals surface area contributed by atoms with E-state index in [1.165, 1.54) is 0 Å². The molecule has 0 saturated heterocycles. The van der Waals surface area contributed by atoms with Crippen LogP contribution in [0.25, 0.3) is 0 Å². The summed E-state index contributed by atoms with van der Waals surface area (Å²) in [7, 11) is 1.67. The van der Waals surface area contributed by atoms with E-state index in [2.05, 4.69) is 5.32 Å². The Kier molecular flexibility index (Phi) is 5.35. The lowest BCUT2D eigenvalue weighted by molar-refractivity contribution is -0.120. The van der Waals surface area contributed by atoms with Crippen molar-refractivity contribution in [2.24, 2.45) is 0 Å². The van der Waals surface area contributed by atoms with Crippen LogP contribution in [-0.4, -0.2) is 13.0 Å². The highest BCUT2D eigenvalue weighted by Crippen LogP contribution is 2.08. The Hall–Kier alpha value is -2.33. The minimum atomic E-state index is -0.00286. The van der Waals surface area contributed by atoms with Crippen LogP contribution in [0.15, 0.2) is 48.5 Å². The number of nitrogens with one attached hydrogen (secondary N) is 1. The fourth-order valence-electron chi connectivity index (χ4n) is 2.08. The second kappa shape index (κ2) is 7.45. The van der Waals surface area contributed by atoms with Crippen LogP contribution in [0.3, 0.4) is 0 Å². The predicted octanol–water partition coefficient (Wildman–Crippen LogP) is 2.27. The van der Waals surface area contributed by atoms with Crippen LogP contribution >= 0.6 is 0 Å². The molecule has 0 spiro atoms. The van der Waals surface area contributed by atoms with E-state index in [0.29, 0.717) is 25.3 Å². The average Bonchev–Trinajstić information content (AvgIpc) is 2.48. The molecule has 0 bridgehead atoms. The van der Waals surface area contributed by atoms with Crippen molar-refractivity contribution < 1.29 is 9.53 Å². The molecule has 0 fully saturated rings. The van der Waals surface area contributed by atoms with Gasteiger partial charge in [0.15, 0.2) is 0 Å². The number of nitrogens with two attached hydrogens (primary N) is 1. The van der Waals surface area contributed by atoms with E-state index < -0.39 is 0 Å². The summed E-state index contributed by atoms with van der Waals surface area (Å²) in [6.07, 6.45) is 0.359. The van der Waals surface area contributed by atoms with Crippen LogP contribution in [-0.2, 0) is 29.1 Å². The summed E-state index contributed by atoms with van der Waals surface area (Å²) in [5.74, 6) is -0.00286. The van der Waals surface area contributed by atoms with Crippen LogP contribution in [0.5, 0.6) is 0 Å². The zero-order valence-corrected chi connectivity index (χ0v) is 12.1. The van der Waals surface area contributed by atoms with Gasteiger partial charge in [0.1, 0.15) is 0 Å². The number of carbonyl (C=O) groups is 1. The number of rotatable bonds is 6. The fraction of sp³-hybridized carbons (Fsp3) is 0.235. The van der Waals surface area contributed by atoms with Gasteiger partial charge in [-0.15, -0.1) is 0 Å². The molecule has 110 valence electrons. The van der Waals surface area contributed by atoms with E-state index in [9.17, 15) is 4.79 Å². The van der Waals surface area contributed by atoms with Gasteiger partial charge in [0.05, 0.1) is 13.0 Å². The molecule has 0 aliphatic carbocycles. The molecule has 0 aliphatic rings. The Morgan fingerprint density at radius 2 is 1.81 bits per heavy atom. The molecule has 21 heavy (non-hydrogen) atoms. The molecule has 1 amide bonds. The quantitative estimate of drug-likeness (QED) is 0.800. The van der Waals surface area contributed by atoms with Crippen LogP contribution in [0.4, 0.5) is 5.69 Å². The van der Waals surface area contributed by atoms with E-state index in [0.717, 1.165) is 16.7 Å². The van der Waals surface area contributed by atoms with Crippen molar-refractivity contribution in [3.05, 3.63) is 65.2 Å². The zero-order valence-electron chi connectivity index (χ0n) is 12.1. The maximum Gasteiger partial charge on any atom is 0.224 e. The summed E-state index contributed by atoms with van der Waals surface area (Å²) in [5, 5.41) is 2.92. The summed E-state index contributed by atoms with van der Waals surface area (Å²) in [4.78, 5) is 11.9. The minimum absolute atomic E-state index is 0.00286. The first-order valence-electron chi connectivity index (χ1n) is 6.85. The van der Waals surface area contributed by atoms with Gasteiger partial charge in [-0.05, 0) is 28.8 Å². The van der Waals surface area contributed by atoms with Gasteiger partial charge < -0.3 is 15.8 Å². The molecule has 0 unspecified atom stereocenters. The molecule has 0 saturated carbocycles. The summed E-state index contributed by atoms with van der Waals surface area (Å²) in [5.41, 5.74) is 9.44. The highest BCUT2D eigenvalue weighted by molar-refractivity contribution is 5.78. The van der Waals surface area contributed by atoms with Crippen molar-refractivity contribution >= 4 is 11.6 Å². The van der Waals surface area contributed by atoms with Crippen LogP contribution in [0, 0.1) is 0 Å². The third kappa shape index (κ3) is 4.93. The monoisotopic (exact) mass is 284 g/mol. The Balaban J connectivity index is 1.86. The fourth-order valence-corrected chi connectivity index (χ4v) is 2.08. The van der Waals surface area contributed by atoms with E-state index in [4.69, 9.17) is 10.5 Å². The van der Waals surface area contributed by atoms with Gasteiger partial charge in [0.25, 0.3) is 0 Å². The number of ether oxygens (including phenoxy) is 1. The number of amides is 1. The van der Waals surface area contributed by atoms with Crippen LogP contribution in [0.1, 0.15) is 16.7 Å². The highest BCUT2D eigenvalue weighted by atomic mass is 16.5. The standard InChI is InChI=1S/C17H20N2O2/c1-21-12-15-4-2-3-14(9-15)11-19-17(20)10-13-5-7-16(18)8-6-13/h2-9H,10-12,18H2,1H3,(H,19,20). The number of benzene rings is 2.